The number of allylic oxidation sites excluding steroid dienone is 1. The third kappa shape index (κ3) is 5.54. The highest BCUT2D eigenvalue weighted by molar-refractivity contribution is 8.00. The lowest BCUT2D eigenvalue weighted by Gasteiger charge is -2.18. The highest BCUT2D eigenvalue weighted by Gasteiger charge is 2.25. The van der Waals surface area contributed by atoms with Crippen LogP contribution < -0.4 is 10.1 Å². The molecule has 1 N–H and O–H groups in total. The molecule has 1 aromatic heterocycles. The molecule has 3 rings (SSSR count). The summed E-state index contributed by atoms with van der Waals surface area (Å²) >= 11 is 7.60. The Morgan fingerprint density at radius 1 is 1.38 bits per heavy atom. The van der Waals surface area contributed by atoms with Gasteiger partial charge in [-0.3, -0.25) is 9.36 Å². The number of rotatable bonds is 9. The van der Waals surface area contributed by atoms with Gasteiger partial charge in [0.05, 0.1) is 10.3 Å². The number of nitrogens with zero attached hydrogens (tertiary/aromatic N) is 3. The lowest BCUT2D eigenvalue weighted by Crippen LogP contribution is -2.37. The van der Waals surface area contributed by atoms with Crippen LogP contribution in [0.5, 0.6) is 5.75 Å². The summed E-state index contributed by atoms with van der Waals surface area (Å²) in [4.78, 5) is 12.5. The second-order valence-corrected chi connectivity index (χ2v) is 8.90. The first-order chi connectivity index (χ1) is 14.0. The summed E-state index contributed by atoms with van der Waals surface area (Å²) in [5, 5.41) is 12.7. The summed E-state index contributed by atoms with van der Waals surface area (Å²) < 4.78 is 7.92. The van der Waals surface area contributed by atoms with Crippen LogP contribution in [0.3, 0.4) is 0 Å². The Bertz CT molecular complexity index is 851. The van der Waals surface area contributed by atoms with Gasteiger partial charge in [0, 0.05) is 12.6 Å². The number of carbonyl (C=O) groups excluding carboxylic acids is 1. The van der Waals surface area contributed by atoms with E-state index in [0.29, 0.717) is 34.3 Å². The van der Waals surface area contributed by atoms with Gasteiger partial charge in [-0.15, -0.1) is 16.8 Å². The number of aromatic nitrogens is 3. The molecular formula is C21H27ClN4O2S. The normalized spacial score (nSPS) is 16.4. The Morgan fingerprint density at radius 2 is 2.10 bits per heavy atom. The number of thioether (sulfide) groups is 1. The monoisotopic (exact) mass is 434 g/mol. The first kappa shape index (κ1) is 21.7. The zero-order valence-corrected chi connectivity index (χ0v) is 18.4. The van der Waals surface area contributed by atoms with Crippen molar-refractivity contribution in [1.29, 1.82) is 0 Å². The summed E-state index contributed by atoms with van der Waals surface area (Å²) in [6.07, 6.45) is 5.93. The molecule has 6 nitrogen and oxygen atoms in total. The molecule has 2 aromatic rings. The molecule has 2 unspecified atom stereocenters. The standard InChI is InChI=1S/C21H27ClN4O2S/c1-4-13-26-19(14(2)28-18-12-8-7-11-17(18)22)24-25-21(26)29-15(3)20(27)23-16-9-5-6-10-16/h4,7-8,11-12,14-16H,1,5-6,9-10,13H2,2-3H3,(H,23,27). The molecular weight excluding hydrogens is 408 g/mol. The van der Waals surface area contributed by atoms with Crippen molar-refractivity contribution in [3.63, 3.8) is 0 Å². The van der Waals surface area contributed by atoms with E-state index >= 15 is 0 Å². The molecule has 2 atom stereocenters. The maximum atomic E-state index is 12.5. The largest absolute Gasteiger partial charge is 0.481 e. The van der Waals surface area contributed by atoms with Crippen molar-refractivity contribution in [1.82, 2.24) is 20.1 Å². The molecule has 1 aliphatic carbocycles. The molecule has 0 spiro atoms. The minimum absolute atomic E-state index is 0.0389. The van der Waals surface area contributed by atoms with E-state index in [9.17, 15) is 4.79 Å². The molecule has 0 radical (unpaired) electrons. The number of hydrogen-bond donors (Lipinski definition) is 1. The minimum atomic E-state index is -0.362. The van der Waals surface area contributed by atoms with E-state index in [1.807, 2.05) is 36.6 Å². The van der Waals surface area contributed by atoms with E-state index in [1.54, 1.807) is 12.1 Å². The van der Waals surface area contributed by atoms with Crippen molar-refractivity contribution in [2.45, 2.75) is 68.6 Å². The van der Waals surface area contributed by atoms with E-state index in [1.165, 1.54) is 24.6 Å². The fourth-order valence-corrected chi connectivity index (χ4v) is 4.43. The number of hydrogen-bond acceptors (Lipinski definition) is 5. The van der Waals surface area contributed by atoms with Crippen LogP contribution in [-0.2, 0) is 11.3 Å². The summed E-state index contributed by atoms with van der Waals surface area (Å²) in [6.45, 7) is 8.15. The SMILES string of the molecule is C=CCn1c(SC(C)C(=O)NC2CCCC2)nnc1C(C)Oc1ccccc1Cl. The van der Waals surface area contributed by atoms with E-state index in [0.717, 1.165) is 12.8 Å². The summed E-state index contributed by atoms with van der Waals surface area (Å²) in [5.74, 6) is 1.29. The fraction of sp³-hybridized carbons (Fsp3) is 0.476. The zero-order chi connectivity index (χ0) is 20.8. The molecule has 1 aliphatic rings. The van der Waals surface area contributed by atoms with Crippen LogP contribution >= 0.6 is 23.4 Å². The number of para-hydroxylation sites is 1. The topological polar surface area (TPSA) is 69.0 Å². The molecule has 0 bridgehead atoms. The smallest absolute Gasteiger partial charge is 0.233 e. The quantitative estimate of drug-likeness (QED) is 0.453. The Balaban J connectivity index is 1.71. The average Bonchev–Trinajstić information content (AvgIpc) is 3.34. The first-order valence-electron chi connectivity index (χ1n) is 9.91. The Kier molecular flexibility index (Phi) is 7.61. The molecule has 1 saturated carbocycles. The van der Waals surface area contributed by atoms with Crippen LogP contribution in [-0.4, -0.2) is 32.0 Å². The molecule has 156 valence electrons. The third-order valence-corrected chi connectivity index (χ3v) is 6.31. The fourth-order valence-electron chi connectivity index (χ4n) is 3.37. The van der Waals surface area contributed by atoms with E-state index in [2.05, 4.69) is 22.1 Å². The summed E-state index contributed by atoms with van der Waals surface area (Å²) in [7, 11) is 0. The zero-order valence-electron chi connectivity index (χ0n) is 16.8. The number of benzene rings is 1. The van der Waals surface area contributed by atoms with Gasteiger partial charge in [0.2, 0.25) is 5.91 Å². The molecule has 8 heteroatoms. The molecule has 1 aromatic carbocycles. The van der Waals surface area contributed by atoms with Gasteiger partial charge in [-0.2, -0.15) is 0 Å². The number of ether oxygens (including phenoxy) is 1. The number of nitrogens with one attached hydrogen (secondary N) is 1. The maximum Gasteiger partial charge on any atom is 0.233 e. The summed E-state index contributed by atoms with van der Waals surface area (Å²) in [5.41, 5.74) is 0. The van der Waals surface area contributed by atoms with Crippen molar-refractivity contribution < 1.29 is 9.53 Å². The second-order valence-electron chi connectivity index (χ2n) is 7.18. The van der Waals surface area contributed by atoms with Crippen LogP contribution in [0.2, 0.25) is 5.02 Å². The Hall–Kier alpha value is -1.99. The Labute approximate surface area is 181 Å². The highest BCUT2D eigenvalue weighted by Crippen LogP contribution is 2.30. The number of carbonyl (C=O) groups is 1. The van der Waals surface area contributed by atoms with E-state index in [4.69, 9.17) is 16.3 Å². The highest BCUT2D eigenvalue weighted by atomic mass is 35.5. The van der Waals surface area contributed by atoms with Crippen LogP contribution in [0.4, 0.5) is 0 Å². The van der Waals surface area contributed by atoms with E-state index in [-0.39, 0.29) is 17.3 Å². The molecule has 1 amide bonds. The van der Waals surface area contributed by atoms with Crippen LogP contribution in [0.1, 0.15) is 51.5 Å². The van der Waals surface area contributed by atoms with E-state index < -0.39 is 0 Å². The van der Waals surface area contributed by atoms with Crippen LogP contribution in [0.25, 0.3) is 0 Å². The molecule has 1 fully saturated rings. The van der Waals surface area contributed by atoms with Gasteiger partial charge in [0.1, 0.15) is 5.75 Å². The van der Waals surface area contributed by atoms with Gasteiger partial charge in [0.15, 0.2) is 17.1 Å². The van der Waals surface area contributed by atoms with Crippen molar-refractivity contribution in [3.8, 4) is 5.75 Å². The first-order valence-corrected chi connectivity index (χ1v) is 11.2. The van der Waals surface area contributed by atoms with Crippen LogP contribution in [0, 0.1) is 0 Å². The second kappa shape index (κ2) is 10.2. The van der Waals surface area contributed by atoms with Gasteiger partial charge in [-0.25, -0.2) is 0 Å². The lowest BCUT2D eigenvalue weighted by molar-refractivity contribution is -0.120. The van der Waals surface area contributed by atoms with Crippen molar-refractivity contribution in [2.75, 3.05) is 0 Å². The molecule has 0 aliphatic heterocycles. The molecule has 1 heterocycles. The van der Waals surface area contributed by atoms with Crippen molar-refractivity contribution in [3.05, 3.63) is 47.8 Å². The van der Waals surface area contributed by atoms with Gasteiger partial charge < -0.3 is 10.1 Å². The van der Waals surface area contributed by atoms with Gasteiger partial charge in [0.25, 0.3) is 0 Å². The van der Waals surface area contributed by atoms with Crippen molar-refractivity contribution >= 4 is 29.3 Å². The van der Waals surface area contributed by atoms with Gasteiger partial charge in [-0.1, -0.05) is 54.4 Å². The summed E-state index contributed by atoms with van der Waals surface area (Å²) in [6, 6.07) is 7.62. The average molecular weight is 435 g/mol. The molecule has 29 heavy (non-hydrogen) atoms. The maximum absolute atomic E-state index is 12.5. The predicted molar refractivity (Wildman–Crippen MR) is 116 cm³/mol. The Morgan fingerprint density at radius 3 is 2.79 bits per heavy atom. The lowest BCUT2D eigenvalue weighted by atomic mass is 10.2. The van der Waals surface area contributed by atoms with Gasteiger partial charge >= 0.3 is 0 Å². The third-order valence-electron chi connectivity index (χ3n) is 4.91. The molecule has 0 saturated heterocycles. The van der Waals surface area contributed by atoms with Gasteiger partial charge in [-0.05, 0) is 38.8 Å². The number of halogens is 1. The van der Waals surface area contributed by atoms with Crippen molar-refractivity contribution in [2.24, 2.45) is 0 Å². The number of amides is 1. The van der Waals surface area contributed by atoms with Crippen LogP contribution in [0.15, 0.2) is 42.1 Å². The predicted octanol–water partition coefficient (Wildman–Crippen LogP) is 4.80. The minimum Gasteiger partial charge on any atom is -0.481 e.